The van der Waals surface area contributed by atoms with Crippen LogP contribution >= 0.6 is 0 Å². The maximum atomic E-state index is 13.5. The third-order valence-corrected chi connectivity index (χ3v) is 9.99. The fourth-order valence-electron chi connectivity index (χ4n) is 6.46. The predicted molar refractivity (Wildman–Crippen MR) is 198 cm³/mol. The summed E-state index contributed by atoms with van der Waals surface area (Å²) in [4.78, 5) is 39.2. The van der Waals surface area contributed by atoms with Crippen LogP contribution in [0.3, 0.4) is 0 Å². The molecule has 3 heterocycles. The summed E-state index contributed by atoms with van der Waals surface area (Å²) in [7, 11) is -0.598. The molecule has 0 bridgehead atoms. The number of carbonyl (C=O) groups excluding carboxylic acids is 2. The fourth-order valence-corrected chi connectivity index (χ4v) is 6.46. The van der Waals surface area contributed by atoms with E-state index in [0.29, 0.717) is 38.4 Å². The second-order valence-corrected chi connectivity index (χ2v) is 17.0. The molecule has 2 fully saturated rings. The van der Waals surface area contributed by atoms with Crippen LogP contribution in [0.2, 0.25) is 0 Å². The van der Waals surface area contributed by atoms with Gasteiger partial charge in [0.15, 0.2) is 0 Å². The van der Waals surface area contributed by atoms with Crippen LogP contribution in [0.15, 0.2) is 24.2 Å². The van der Waals surface area contributed by atoms with Crippen LogP contribution in [-0.4, -0.2) is 92.2 Å². The highest BCUT2D eigenvalue weighted by Gasteiger charge is 2.53. The Hall–Kier alpha value is -3.32. The lowest BCUT2D eigenvalue weighted by Gasteiger charge is -2.32. The highest BCUT2D eigenvalue weighted by atomic mass is 16.7. The second kappa shape index (κ2) is 15.1. The number of amides is 2. The topological polar surface area (TPSA) is 134 Å². The molecule has 50 heavy (non-hydrogen) atoms. The number of ether oxygens (including phenoxy) is 2. The van der Waals surface area contributed by atoms with Gasteiger partial charge >= 0.3 is 19.3 Å². The zero-order valence-corrected chi connectivity index (χ0v) is 32.6. The molecule has 4 rings (SSSR count). The molecule has 2 aliphatic rings. The number of nitrogens with zero attached hydrogens (tertiary/aromatic N) is 5. The van der Waals surface area contributed by atoms with Gasteiger partial charge in [-0.25, -0.2) is 19.6 Å². The first-order valence-corrected chi connectivity index (χ1v) is 18.1. The molecule has 278 valence electrons. The van der Waals surface area contributed by atoms with Crippen molar-refractivity contribution in [3.63, 3.8) is 0 Å². The molecule has 2 amide bonds. The van der Waals surface area contributed by atoms with Gasteiger partial charge in [0.2, 0.25) is 0 Å². The monoisotopic (exact) mass is 696 g/mol. The molecule has 0 radical (unpaired) electrons. The van der Waals surface area contributed by atoms with Crippen LogP contribution < -0.4 is 11.2 Å². The van der Waals surface area contributed by atoms with Crippen molar-refractivity contribution in [2.24, 2.45) is 5.92 Å². The molecular weight excluding hydrogens is 635 g/mol. The number of nitrogens with two attached hydrogens (primary N) is 1. The van der Waals surface area contributed by atoms with Gasteiger partial charge < -0.3 is 38.9 Å². The van der Waals surface area contributed by atoms with Crippen LogP contribution in [0.5, 0.6) is 0 Å². The van der Waals surface area contributed by atoms with E-state index in [2.05, 4.69) is 33.7 Å². The molecule has 13 heteroatoms. The van der Waals surface area contributed by atoms with Crippen LogP contribution in [0.4, 0.5) is 15.4 Å². The Kier molecular flexibility index (Phi) is 11.9. The van der Waals surface area contributed by atoms with Crippen LogP contribution in [-0.2, 0) is 18.8 Å². The van der Waals surface area contributed by atoms with E-state index in [0.717, 1.165) is 42.2 Å². The molecule has 0 aromatic carbocycles. The van der Waals surface area contributed by atoms with E-state index in [4.69, 9.17) is 24.5 Å². The molecule has 1 aliphatic carbocycles. The Morgan fingerprint density at radius 1 is 0.980 bits per heavy atom. The summed E-state index contributed by atoms with van der Waals surface area (Å²) >= 11 is 0. The van der Waals surface area contributed by atoms with Crippen molar-refractivity contribution in [1.29, 1.82) is 0 Å². The number of hydrogen-bond acceptors (Lipinski definition) is 9. The van der Waals surface area contributed by atoms with Gasteiger partial charge in [0, 0.05) is 43.9 Å². The largest absolute Gasteiger partial charge is 0.497 e. The number of aromatic nitrogens is 3. The lowest BCUT2D eigenvalue weighted by atomic mass is 9.79. The van der Waals surface area contributed by atoms with E-state index < -0.39 is 29.5 Å². The SMILES string of the molecule is C/C=C(\C)CCN(CCCN(C[C@@H]1CC[C@H](n2cc(B3OC(C)(C)C(C)(C)O3)c3c(N)ncnc32)C1)C(=O)OC(C)(C)C)C(=O)OC(C)(C)C. The number of rotatable bonds is 11. The van der Waals surface area contributed by atoms with E-state index >= 15 is 0 Å². The molecule has 0 spiro atoms. The lowest BCUT2D eigenvalue weighted by Crippen LogP contribution is -2.42. The number of carbonyl (C=O) groups is 2. The molecule has 2 aromatic rings. The molecule has 12 nitrogen and oxygen atoms in total. The van der Waals surface area contributed by atoms with E-state index in [1.54, 1.807) is 4.90 Å². The van der Waals surface area contributed by atoms with Crippen molar-refractivity contribution in [2.75, 3.05) is 31.9 Å². The first-order valence-electron chi connectivity index (χ1n) is 18.1. The smallest absolute Gasteiger partial charge is 0.444 e. The van der Waals surface area contributed by atoms with Crippen LogP contribution in [0.25, 0.3) is 11.0 Å². The lowest BCUT2D eigenvalue weighted by molar-refractivity contribution is 0.00578. The minimum Gasteiger partial charge on any atom is -0.444 e. The van der Waals surface area contributed by atoms with Gasteiger partial charge in [-0.05, 0) is 121 Å². The zero-order valence-electron chi connectivity index (χ0n) is 32.6. The van der Waals surface area contributed by atoms with Gasteiger partial charge in [-0.2, -0.15) is 0 Å². The van der Waals surface area contributed by atoms with Gasteiger partial charge in [-0.15, -0.1) is 0 Å². The average molecular weight is 697 g/mol. The normalized spacial score (nSPS) is 20.7. The average Bonchev–Trinajstić information content (AvgIpc) is 3.66. The second-order valence-electron chi connectivity index (χ2n) is 17.0. The Morgan fingerprint density at radius 3 is 2.14 bits per heavy atom. The predicted octanol–water partition coefficient (Wildman–Crippen LogP) is 6.87. The number of fused-ring (bicyclic) bond motifs is 1. The molecular formula is C37H61BN6O6. The Balaban J connectivity index is 1.50. The number of anilines is 1. The highest BCUT2D eigenvalue weighted by Crippen LogP contribution is 2.40. The first kappa shape index (κ1) is 39.5. The van der Waals surface area contributed by atoms with Crippen molar-refractivity contribution in [2.45, 2.75) is 144 Å². The number of hydrogen-bond donors (Lipinski definition) is 1. The molecule has 2 aromatic heterocycles. The summed E-state index contributed by atoms with van der Waals surface area (Å²) in [6.45, 7) is 25.5. The molecule has 2 atom stereocenters. The summed E-state index contributed by atoms with van der Waals surface area (Å²) < 4.78 is 26.6. The quantitative estimate of drug-likeness (QED) is 0.197. The van der Waals surface area contributed by atoms with Gasteiger partial charge in [0.1, 0.15) is 29.0 Å². The molecule has 1 saturated heterocycles. The standard InChI is InChI=1S/C37H61BN6O6/c1-13-25(2)17-20-42(32(45)47-34(3,4)5)18-14-19-43(33(46)48-35(6,7)8)22-26-15-16-27(21-26)44-23-28(29-30(39)40-24-41-31(29)44)38-49-36(9,10)37(11,12)50-38/h13,23-24,26-27H,14-22H2,1-12H3,(H2,39,40,41)/b25-13+/t26-,27+/m1/s1. The van der Waals surface area contributed by atoms with E-state index in [1.165, 1.54) is 11.9 Å². The zero-order chi connectivity index (χ0) is 37.2. The number of nitrogen functional groups attached to an aromatic ring is 1. The molecule has 2 N–H and O–H groups in total. The number of allylic oxidation sites excluding steroid dienone is 1. The van der Waals surface area contributed by atoms with Crippen molar-refractivity contribution in [3.05, 3.63) is 24.2 Å². The third kappa shape index (κ3) is 9.72. The first-order chi connectivity index (χ1) is 23.1. The molecule has 1 aliphatic heterocycles. The summed E-state index contributed by atoms with van der Waals surface area (Å²) in [5.74, 6) is 0.633. The Bertz CT molecular complexity index is 1530. The maximum absolute atomic E-state index is 13.5. The van der Waals surface area contributed by atoms with E-state index in [9.17, 15) is 9.59 Å². The molecule has 0 unspecified atom stereocenters. The van der Waals surface area contributed by atoms with Crippen LogP contribution in [0, 0.1) is 5.92 Å². The third-order valence-electron chi connectivity index (χ3n) is 9.99. The molecule has 1 saturated carbocycles. The van der Waals surface area contributed by atoms with Gasteiger partial charge in [-0.3, -0.25) is 0 Å². The van der Waals surface area contributed by atoms with E-state index in [-0.39, 0.29) is 24.1 Å². The maximum Gasteiger partial charge on any atom is 0.497 e. The Labute approximate surface area is 299 Å². The fraction of sp³-hybridized carbons (Fsp3) is 0.730. The minimum atomic E-state index is -0.631. The van der Waals surface area contributed by atoms with Gasteiger partial charge in [0.25, 0.3) is 0 Å². The highest BCUT2D eigenvalue weighted by molar-refractivity contribution is 6.65. The van der Waals surface area contributed by atoms with Crippen molar-refractivity contribution >= 4 is 41.6 Å². The van der Waals surface area contributed by atoms with Gasteiger partial charge in [-0.1, -0.05) is 11.6 Å². The summed E-state index contributed by atoms with van der Waals surface area (Å²) in [6.07, 6.45) is 9.00. The van der Waals surface area contributed by atoms with E-state index in [1.807, 2.05) is 81.1 Å². The van der Waals surface area contributed by atoms with Crippen molar-refractivity contribution < 1.29 is 28.4 Å². The minimum absolute atomic E-state index is 0.144. The van der Waals surface area contributed by atoms with Gasteiger partial charge in [0.05, 0.1) is 16.6 Å². The summed E-state index contributed by atoms with van der Waals surface area (Å²) in [5.41, 5.74) is 6.99. The van der Waals surface area contributed by atoms with Crippen molar-refractivity contribution in [1.82, 2.24) is 24.3 Å². The summed E-state index contributed by atoms with van der Waals surface area (Å²) in [5, 5.41) is 0.754. The Morgan fingerprint density at radius 2 is 1.56 bits per heavy atom. The summed E-state index contributed by atoms with van der Waals surface area (Å²) in [6, 6.07) is 0.144. The van der Waals surface area contributed by atoms with Crippen molar-refractivity contribution in [3.8, 4) is 0 Å². The van der Waals surface area contributed by atoms with Crippen LogP contribution in [0.1, 0.15) is 121 Å².